The summed E-state index contributed by atoms with van der Waals surface area (Å²) in [5.41, 5.74) is 0. The molecule has 2 rings (SSSR count). The van der Waals surface area contributed by atoms with Gasteiger partial charge in [-0.3, -0.25) is 9.59 Å². The Bertz CT molecular complexity index is 609. The van der Waals surface area contributed by atoms with Gasteiger partial charge in [0.25, 0.3) is 0 Å². The largest absolute Gasteiger partial charge is 0.274 e. The van der Waals surface area contributed by atoms with Gasteiger partial charge < -0.3 is 0 Å². The minimum Gasteiger partial charge on any atom is -0.274 e. The van der Waals surface area contributed by atoms with Gasteiger partial charge in [0, 0.05) is 25.6 Å². The van der Waals surface area contributed by atoms with Crippen LogP contribution in [0.1, 0.15) is 26.2 Å². The van der Waals surface area contributed by atoms with E-state index in [0.717, 1.165) is 11.1 Å². The molecule has 0 spiro atoms. The number of carbonyl (C=O) groups excluding carboxylic acids is 2. The van der Waals surface area contributed by atoms with Crippen LogP contribution in [0.2, 0.25) is 0 Å². The molecule has 0 radical (unpaired) electrons. The molecule has 0 atom stereocenters. The Morgan fingerprint density at radius 1 is 1.25 bits per heavy atom. The lowest BCUT2D eigenvalue weighted by Gasteiger charge is -2.13. The van der Waals surface area contributed by atoms with Crippen molar-refractivity contribution in [3.63, 3.8) is 0 Å². The van der Waals surface area contributed by atoms with Crippen molar-refractivity contribution in [2.45, 2.75) is 31.1 Å². The van der Waals surface area contributed by atoms with E-state index in [2.05, 4.69) is 9.71 Å². The highest BCUT2D eigenvalue weighted by Crippen LogP contribution is 2.21. The zero-order valence-electron chi connectivity index (χ0n) is 11.0. The summed E-state index contributed by atoms with van der Waals surface area (Å²) in [6.07, 6.45) is 2.16. The van der Waals surface area contributed by atoms with Gasteiger partial charge in [0.15, 0.2) is 0 Å². The topological polar surface area (TPSA) is 96.4 Å². The first-order valence-corrected chi connectivity index (χ1v) is 7.75. The van der Waals surface area contributed by atoms with Crippen LogP contribution in [0.25, 0.3) is 0 Å². The summed E-state index contributed by atoms with van der Waals surface area (Å²) in [6, 6.07) is 2.70. The molecule has 20 heavy (non-hydrogen) atoms. The van der Waals surface area contributed by atoms with Crippen LogP contribution in [0, 0.1) is 0 Å². The summed E-state index contributed by atoms with van der Waals surface area (Å²) in [5.74, 6) is -0.476. The zero-order chi connectivity index (χ0) is 14.8. The first-order chi connectivity index (χ1) is 9.45. The Morgan fingerprint density at radius 2 is 1.90 bits per heavy atom. The Labute approximate surface area is 117 Å². The minimum absolute atomic E-state index is 0.00814. The number of hydrogen-bond donors (Lipinski definition) is 1. The fourth-order valence-corrected chi connectivity index (χ4v) is 2.89. The summed E-state index contributed by atoms with van der Waals surface area (Å²) in [4.78, 5) is 28.0. The molecule has 108 valence electrons. The molecule has 0 saturated carbocycles. The number of rotatable bonds is 5. The standard InChI is InChI=1S/C12H15N3O4S/c1-2-7-14-20(18,19)9-3-4-10(13-8-9)15-11(16)5-6-12(15)17/h3-4,8,14H,2,5-7H2,1H3. The lowest BCUT2D eigenvalue weighted by molar-refractivity contribution is -0.121. The van der Waals surface area contributed by atoms with E-state index in [0.29, 0.717) is 13.0 Å². The number of hydrogen-bond acceptors (Lipinski definition) is 5. The quantitative estimate of drug-likeness (QED) is 0.795. The normalized spacial score (nSPS) is 15.9. The van der Waals surface area contributed by atoms with Crippen LogP contribution >= 0.6 is 0 Å². The molecule has 1 aromatic rings. The van der Waals surface area contributed by atoms with Crippen LogP contribution in [0.4, 0.5) is 5.82 Å². The highest BCUT2D eigenvalue weighted by molar-refractivity contribution is 7.89. The van der Waals surface area contributed by atoms with Gasteiger partial charge in [-0.2, -0.15) is 0 Å². The van der Waals surface area contributed by atoms with Crippen molar-refractivity contribution in [2.75, 3.05) is 11.4 Å². The number of sulfonamides is 1. The summed E-state index contributed by atoms with van der Waals surface area (Å²) in [7, 11) is -3.59. The second-order valence-corrected chi connectivity index (χ2v) is 6.14. The Hall–Kier alpha value is -1.80. The molecule has 1 N–H and O–H groups in total. The van der Waals surface area contributed by atoms with Gasteiger partial charge in [-0.05, 0) is 18.6 Å². The van der Waals surface area contributed by atoms with E-state index in [1.165, 1.54) is 12.1 Å². The first-order valence-electron chi connectivity index (χ1n) is 6.27. The molecule has 7 nitrogen and oxygen atoms in total. The number of nitrogens with zero attached hydrogens (tertiary/aromatic N) is 2. The highest BCUT2D eigenvalue weighted by atomic mass is 32.2. The Morgan fingerprint density at radius 3 is 2.40 bits per heavy atom. The third-order valence-corrected chi connectivity index (χ3v) is 4.30. The average Bonchev–Trinajstić information content (AvgIpc) is 2.76. The average molecular weight is 297 g/mol. The third kappa shape index (κ3) is 2.86. The number of amides is 2. The van der Waals surface area contributed by atoms with Crippen molar-refractivity contribution in [1.29, 1.82) is 0 Å². The summed E-state index contributed by atoms with van der Waals surface area (Å²) in [5, 5.41) is 0. The number of aromatic nitrogens is 1. The van der Waals surface area contributed by atoms with Crippen molar-refractivity contribution in [1.82, 2.24) is 9.71 Å². The smallest absolute Gasteiger partial charge is 0.242 e. The Kier molecular flexibility index (Phi) is 4.15. The fourth-order valence-electron chi connectivity index (χ4n) is 1.82. The van der Waals surface area contributed by atoms with Crippen LogP contribution in [0.5, 0.6) is 0 Å². The summed E-state index contributed by atoms with van der Waals surface area (Å²) in [6.45, 7) is 2.20. The molecule has 0 bridgehead atoms. The molecule has 1 aliphatic heterocycles. The van der Waals surface area contributed by atoms with E-state index in [1.54, 1.807) is 0 Å². The van der Waals surface area contributed by atoms with Crippen LogP contribution in [-0.2, 0) is 19.6 Å². The van der Waals surface area contributed by atoms with Crippen molar-refractivity contribution in [3.05, 3.63) is 18.3 Å². The monoisotopic (exact) mass is 297 g/mol. The summed E-state index contributed by atoms with van der Waals surface area (Å²) < 4.78 is 26.1. The molecule has 8 heteroatoms. The van der Waals surface area contributed by atoms with Gasteiger partial charge in [0.05, 0.1) is 0 Å². The first kappa shape index (κ1) is 14.6. The van der Waals surface area contributed by atoms with Gasteiger partial charge in [-0.25, -0.2) is 23.0 Å². The number of imide groups is 1. The van der Waals surface area contributed by atoms with Crippen molar-refractivity contribution >= 4 is 27.7 Å². The highest BCUT2D eigenvalue weighted by Gasteiger charge is 2.31. The van der Waals surface area contributed by atoms with Gasteiger partial charge in [0.2, 0.25) is 21.8 Å². The maximum Gasteiger partial charge on any atom is 0.242 e. The predicted octanol–water partition coefficient (Wildman–Crippen LogP) is 0.423. The maximum absolute atomic E-state index is 11.9. The molecular formula is C12H15N3O4S. The number of carbonyl (C=O) groups is 2. The molecule has 0 aliphatic carbocycles. The van der Waals surface area contributed by atoms with Crippen LogP contribution in [-0.4, -0.2) is 31.8 Å². The van der Waals surface area contributed by atoms with E-state index in [9.17, 15) is 18.0 Å². The van der Waals surface area contributed by atoms with Crippen molar-refractivity contribution < 1.29 is 18.0 Å². The second kappa shape index (κ2) is 5.68. The van der Waals surface area contributed by atoms with E-state index in [4.69, 9.17) is 0 Å². The molecule has 2 heterocycles. The van der Waals surface area contributed by atoms with E-state index < -0.39 is 10.0 Å². The Balaban J connectivity index is 2.22. The minimum atomic E-state index is -3.59. The third-order valence-electron chi connectivity index (χ3n) is 2.85. The van der Waals surface area contributed by atoms with Crippen molar-refractivity contribution in [2.24, 2.45) is 0 Å². The van der Waals surface area contributed by atoms with Gasteiger partial charge in [-0.1, -0.05) is 6.92 Å². The second-order valence-electron chi connectivity index (χ2n) is 4.37. The van der Waals surface area contributed by atoms with Gasteiger partial charge >= 0.3 is 0 Å². The van der Waals surface area contributed by atoms with E-state index in [-0.39, 0.29) is 35.4 Å². The zero-order valence-corrected chi connectivity index (χ0v) is 11.8. The fraction of sp³-hybridized carbons (Fsp3) is 0.417. The molecule has 1 aliphatic rings. The van der Waals surface area contributed by atoms with E-state index in [1.807, 2.05) is 6.92 Å². The molecule has 1 aromatic heterocycles. The lowest BCUT2D eigenvalue weighted by atomic mass is 10.4. The molecule has 0 unspecified atom stereocenters. The molecule has 1 fully saturated rings. The number of anilines is 1. The number of nitrogens with one attached hydrogen (secondary N) is 1. The number of pyridine rings is 1. The van der Waals surface area contributed by atoms with Crippen LogP contribution in [0.3, 0.4) is 0 Å². The molecule has 0 aromatic carbocycles. The van der Waals surface area contributed by atoms with Gasteiger partial charge in [-0.15, -0.1) is 0 Å². The molecule has 1 saturated heterocycles. The maximum atomic E-state index is 11.9. The summed E-state index contributed by atoms with van der Waals surface area (Å²) >= 11 is 0. The molecule has 2 amide bonds. The van der Waals surface area contributed by atoms with Gasteiger partial charge in [0.1, 0.15) is 10.7 Å². The van der Waals surface area contributed by atoms with Crippen molar-refractivity contribution in [3.8, 4) is 0 Å². The molecular weight excluding hydrogens is 282 g/mol. The van der Waals surface area contributed by atoms with E-state index >= 15 is 0 Å². The lowest BCUT2D eigenvalue weighted by Crippen LogP contribution is -2.29. The SMILES string of the molecule is CCCNS(=O)(=O)c1ccc(N2C(=O)CCC2=O)nc1. The predicted molar refractivity (Wildman–Crippen MR) is 71.4 cm³/mol. The van der Waals surface area contributed by atoms with Crippen LogP contribution < -0.4 is 9.62 Å². The van der Waals surface area contributed by atoms with Crippen LogP contribution in [0.15, 0.2) is 23.2 Å².